The molecule has 0 bridgehead atoms. The molecule has 1 N–H and O–H groups in total. The molecule has 1 aliphatic rings. The third-order valence-corrected chi connectivity index (χ3v) is 4.90. The van der Waals surface area contributed by atoms with Gasteiger partial charge in [0.25, 0.3) is 5.91 Å². The van der Waals surface area contributed by atoms with Crippen LogP contribution in [0.2, 0.25) is 0 Å². The lowest BCUT2D eigenvalue weighted by atomic mass is 9.77. The summed E-state index contributed by atoms with van der Waals surface area (Å²) in [5.41, 5.74) is 1.27. The highest BCUT2D eigenvalue weighted by Crippen LogP contribution is 2.36. The Labute approximate surface area is 148 Å². The summed E-state index contributed by atoms with van der Waals surface area (Å²) in [4.78, 5) is 16.8. The van der Waals surface area contributed by atoms with Gasteiger partial charge in [0, 0.05) is 30.0 Å². The molecule has 0 unspecified atom stereocenters. The van der Waals surface area contributed by atoms with E-state index >= 15 is 0 Å². The summed E-state index contributed by atoms with van der Waals surface area (Å²) in [5.74, 6) is -0.170. The Hall–Kier alpha value is -2.18. The second-order valence-corrected chi connectivity index (χ2v) is 7.22. The number of amides is 1. The van der Waals surface area contributed by atoms with Crippen molar-refractivity contribution in [2.45, 2.75) is 45.4 Å². The highest BCUT2D eigenvalue weighted by molar-refractivity contribution is 6.63. The van der Waals surface area contributed by atoms with E-state index in [2.05, 4.69) is 10.3 Å². The number of benzene rings is 1. The summed E-state index contributed by atoms with van der Waals surface area (Å²) in [6, 6.07) is 11.5. The molecule has 1 amide bonds. The van der Waals surface area contributed by atoms with E-state index in [1.807, 2.05) is 58.0 Å². The number of nitrogens with zero attached hydrogens (tertiary/aromatic N) is 1. The number of pyridine rings is 1. The number of hydrogen-bond acceptors (Lipinski definition) is 4. The third-order valence-electron chi connectivity index (χ3n) is 4.90. The summed E-state index contributed by atoms with van der Waals surface area (Å²) < 4.78 is 12.1. The van der Waals surface area contributed by atoms with Crippen molar-refractivity contribution >= 4 is 18.5 Å². The molecular formula is C19H23BN2O3. The molecule has 2 heterocycles. The van der Waals surface area contributed by atoms with E-state index in [4.69, 9.17) is 9.31 Å². The van der Waals surface area contributed by atoms with Crippen molar-refractivity contribution in [3.8, 4) is 0 Å². The van der Waals surface area contributed by atoms with Crippen LogP contribution >= 0.6 is 0 Å². The Morgan fingerprint density at radius 1 is 1.08 bits per heavy atom. The Morgan fingerprint density at radius 2 is 1.72 bits per heavy atom. The van der Waals surface area contributed by atoms with Crippen molar-refractivity contribution < 1.29 is 14.1 Å². The minimum atomic E-state index is -0.615. The molecule has 1 saturated heterocycles. The first-order valence-electron chi connectivity index (χ1n) is 8.42. The highest BCUT2D eigenvalue weighted by atomic mass is 16.7. The second-order valence-electron chi connectivity index (χ2n) is 7.22. The molecule has 0 atom stereocenters. The van der Waals surface area contributed by atoms with Crippen molar-refractivity contribution in [2.75, 3.05) is 0 Å². The van der Waals surface area contributed by atoms with Gasteiger partial charge in [-0.1, -0.05) is 30.3 Å². The molecule has 3 rings (SSSR count). The minimum Gasteiger partial charge on any atom is -0.399 e. The molecule has 0 spiro atoms. The summed E-state index contributed by atoms with van der Waals surface area (Å²) >= 11 is 0. The van der Waals surface area contributed by atoms with Crippen LogP contribution in [0.5, 0.6) is 0 Å². The fourth-order valence-electron chi connectivity index (χ4n) is 2.64. The van der Waals surface area contributed by atoms with E-state index < -0.39 is 18.3 Å². The molecule has 1 aromatic heterocycles. The zero-order valence-corrected chi connectivity index (χ0v) is 15.1. The van der Waals surface area contributed by atoms with Gasteiger partial charge in [-0.15, -0.1) is 0 Å². The van der Waals surface area contributed by atoms with E-state index in [-0.39, 0.29) is 5.91 Å². The predicted octanol–water partition coefficient (Wildman–Crippen LogP) is 2.31. The van der Waals surface area contributed by atoms with Crippen molar-refractivity contribution in [3.63, 3.8) is 0 Å². The maximum atomic E-state index is 12.7. The van der Waals surface area contributed by atoms with Gasteiger partial charge in [0.05, 0.1) is 11.2 Å². The first-order valence-corrected chi connectivity index (χ1v) is 8.42. The standard InChI is InChI=1S/C19H23BN2O3/c1-18(2)19(3,4)25-20(24-18)16-13-21-11-10-15(16)17(23)22-12-14-8-6-5-7-9-14/h5-11,13H,12H2,1-4H3,(H,22,23). The number of nitrogens with one attached hydrogen (secondary N) is 1. The van der Waals surface area contributed by atoms with Gasteiger partial charge in [-0.25, -0.2) is 0 Å². The van der Waals surface area contributed by atoms with Crippen LogP contribution in [0.3, 0.4) is 0 Å². The third kappa shape index (κ3) is 3.60. The van der Waals surface area contributed by atoms with Crippen LogP contribution in [-0.4, -0.2) is 29.2 Å². The number of carbonyl (C=O) groups excluding carboxylic acids is 1. The van der Waals surface area contributed by atoms with E-state index in [0.29, 0.717) is 17.6 Å². The second kappa shape index (κ2) is 6.62. The molecule has 1 aromatic carbocycles. The number of carbonyl (C=O) groups is 1. The average molecular weight is 338 g/mol. The largest absolute Gasteiger partial charge is 0.497 e. The van der Waals surface area contributed by atoms with Gasteiger partial charge in [0.2, 0.25) is 0 Å². The Bertz CT molecular complexity index is 746. The van der Waals surface area contributed by atoms with Gasteiger partial charge in [0.1, 0.15) is 0 Å². The Balaban J connectivity index is 1.78. The van der Waals surface area contributed by atoms with Crippen LogP contribution in [0.25, 0.3) is 0 Å². The molecule has 1 fully saturated rings. The quantitative estimate of drug-likeness (QED) is 0.869. The summed E-state index contributed by atoms with van der Waals surface area (Å²) in [7, 11) is -0.615. The van der Waals surface area contributed by atoms with Crippen LogP contribution in [-0.2, 0) is 15.9 Å². The van der Waals surface area contributed by atoms with Crippen molar-refractivity contribution in [1.29, 1.82) is 0 Å². The molecule has 2 aromatic rings. The maximum Gasteiger partial charge on any atom is 0.497 e. The zero-order valence-electron chi connectivity index (χ0n) is 15.1. The molecule has 6 heteroatoms. The molecule has 0 radical (unpaired) electrons. The van der Waals surface area contributed by atoms with Crippen LogP contribution < -0.4 is 10.8 Å². The van der Waals surface area contributed by atoms with Gasteiger partial charge in [-0.2, -0.15) is 0 Å². The highest BCUT2D eigenvalue weighted by Gasteiger charge is 2.52. The number of rotatable bonds is 4. The molecule has 1 aliphatic heterocycles. The fourth-order valence-corrected chi connectivity index (χ4v) is 2.64. The first kappa shape index (κ1) is 17.6. The van der Waals surface area contributed by atoms with Crippen LogP contribution in [0.1, 0.15) is 43.6 Å². The summed E-state index contributed by atoms with van der Waals surface area (Å²) in [6.07, 6.45) is 3.24. The lowest BCUT2D eigenvalue weighted by molar-refractivity contribution is 0.00578. The topological polar surface area (TPSA) is 60.5 Å². The van der Waals surface area contributed by atoms with Gasteiger partial charge in [-0.05, 0) is 39.3 Å². The molecular weight excluding hydrogens is 315 g/mol. The summed E-state index contributed by atoms with van der Waals surface area (Å²) in [5, 5.41) is 2.94. The number of aromatic nitrogens is 1. The van der Waals surface area contributed by atoms with E-state index in [9.17, 15) is 4.79 Å². The average Bonchev–Trinajstić information content (AvgIpc) is 2.81. The lowest BCUT2D eigenvalue weighted by Crippen LogP contribution is -2.41. The van der Waals surface area contributed by atoms with Crippen molar-refractivity contribution in [2.24, 2.45) is 0 Å². The predicted molar refractivity (Wildman–Crippen MR) is 97.6 cm³/mol. The fraction of sp³-hybridized carbons (Fsp3) is 0.368. The molecule has 0 aliphatic carbocycles. The SMILES string of the molecule is CC1(C)OB(c2cnccc2C(=O)NCc2ccccc2)OC1(C)C. The van der Waals surface area contributed by atoms with E-state index in [0.717, 1.165) is 5.56 Å². The molecule has 0 saturated carbocycles. The normalized spacial score (nSPS) is 18.2. The smallest absolute Gasteiger partial charge is 0.399 e. The van der Waals surface area contributed by atoms with Gasteiger partial charge in [0.15, 0.2) is 0 Å². The van der Waals surface area contributed by atoms with Crippen molar-refractivity contribution in [1.82, 2.24) is 10.3 Å². The van der Waals surface area contributed by atoms with Crippen molar-refractivity contribution in [3.05, 3.63) is 59.9 Å². The van der Waals surface area contributed by atoms with Crippen LogP contribution in [0.4, 0.5) is 0 Å². The molecule has 130 valence electrons. The summed E-state index contributed by atoms with van der Waals surface area (Å²) in [6.45, 7) is 8.40. The number of hydrogen-bond donors (Lipinski definition) is 1. The van der Waals surface area contributed by atoms with Gasteiger partial charge < -0.3 is 14.6 Å². The van der Waals surface area contributed by atoms with Gasteiger partial charge >= 0.3 is 7.12 Å². The van der Waals surface area contributed by atoms with E-state index in [1.165, 1.54) is 0 Å². The van der Waals surface area contributed by atoms with Gasteiger partial charge in [-0.3, -0.25) is 9.78 Å². The lowest BCUT2D eigenvalue weighted by Gasteiger charge is -2.32. The molecule has 25 heavy (non-hydrogen) atoms. The zero-order chi connectivity index (χ0) is 18.1. The molecule has 5 nitrogen and oxygen atoms in total. The van der Waals surface area contributed by atoms with Crippen LogP contribution in [0, 0.1) is 0 Å². The maximum absolute atomic E-state index is 12.7. The monoisotopic (exact) mass is 338 g/mol. The van der Waals surface area contributed by atoms with E-state index in [1.54, 1.807) is 18.5 Å². The Kier molecular flexibility index (Phi) is 4.67. The minimum absolute atomic E-state index is 0.170. The Morgan fingerprint density at radius 3 is 2.36 bits per heavy atom. The first-order chi connectivity index (χ1) is 11.8. The van der Waals surface area contributed by atoms with Crippen LogP contribution in [0.15, 0.2) is 48.8 Å².